The van der Waals surface area contributed by atoms with Gasteiger partial charge >= 0.3 is 5.97 Å². The number of benzene rings is 2. The molecule has 98 valence electrons. The number of phenols is 1. The molecule has 0 aromatic heterocycles. The number of carbonyl (C=O) groups is 1. The molecular formula is C14H11FO4. The third-order valence-electron chi connectivity index (χ3n) is 2.70. The number of aromatic hydroxyl groups is 1. The van der Waals surface area contributed by atoms with Crippen molar-refractivity contribution in [1.29, 1.82) is 0 Å². The zero-order chi connectivity index (χ0) is 14.0. The average Bonchev–Trinajstić information content (AvgIpc) is 2.38. The Kier molecular flexibility index (Phi) is 3.37. The molecule has 0 aliphatic carbocycles. The first-order chi connectivity index (χ1) is 9.02. The maximum atomic E-state index is 13.3. The first-order valence-corrected chi connectivity index (χ1v) is 5.43. The zero-order valence-corrected chi connectivity index (χ0v) is 10.1. The summed E-state index contributed by atoms with van der Waals surface area (Å²) in [7, 11) is 1.45. The van der Waals surface area contributed by atoms with Gasteiger partial charge in [0, 0.05) is 5.56 Å². The minimum Gasteiger partial charge on any atom is -0.507 e. The number of ether oxygens (including phenoxy) is 1. The summed E-state index contributed by atoms with van der Waals surface area (Å²) in [6, 6.07) is 7.99. The normalized spacial score (nSPS) is 10.2. The number of methoxy groups -OCH3 is 1. The molecule has 0 fully saturated rings. The van der Waals surface area contributed by atoms with Crippen molar-refractivity contribution < 1.29 is 24.1 Å². The molecule has 4 nitrogen and oxygen atoms in total. The van der Waals surface area contributed by atoms with Gasteiger partial charge in [0.25, 0.3) is 0 Å². The predicted molar refractivity (Wildman–Crippen MR) is 67.0 cm³/mol. The van der Waals surface area contributed by atoms with Crippen LogP contribution in [0.1, 0.15) is 10.4 Å². The van der Waals surface area contributed by atoms with Gasteiger partial charge in [-0.15, -0.1) is 0 Å². The van der Waals surface area contributed by atoms with E-state index in [9.17, 15) is 14.3 Å². The highest BCUT2D eigenvalue weighted by molar-refractivity contribution is 5.92. The van der Waals surface area contributed by atoms with Gasteiger partial charge in [0.1, 0.15) is 22.9 Å². The van der Waals surface area contributed by atoms with Crippen molar-refractivity contribution in [3.05, 3.63) is 47.8 Å². The Balaban J connectivity index is 2.56. The molecule has 0 spiro atoms. The van der Waals surface area contributed by atoms with Crippen molar-refractivity contribution in [2.45, 2.75) is 0 Å². The molecule has 0 amide bonds. The van der Waals surface area contributed by atoms with Crippen LogP contribution in [0, 0.1) is 5.82 Å². The molecule has 19 heavy (non-hydrogen) atoms. The largest absolute Gasteiger partial charge is 0.507 e. The lowest BCUT2D eigenvalue weighted by Gasteiger charge is -2.10. The summed E-state index contributed by atoms with van der Waals surface area (Å²) in [6.45, 7) is 0. The third kappa shape index (κ3) is 2.49. The molecule has 2 aromatic rings. The molecule has 2 N–H and O–H groups in total. The Morgan fingerprint density at radius 2 is 1.95 bits per heavy atom. The van der Waals surface area contributed by atoms with E-state index in [4.69, 9.17) is 9.84 Å². The maximum Gasteiger partial charge on any atom is 0.339 e. The van der Waals surface area contributed by atoms with Crippen LogP contribution >= 0.6 is 0 Å². The van der Waals surface area contributed by atoms with Crippen LogP contribution < -0.4 is 4.74 Å². The topological polar surface area (TPSA) is 66.8 Å². The van der Waals surface area contributed by atoms with Crippen molar-refractivity contribution in [1.82, 2.24) is 0 Å². The van der Waals surface area contributed by atoms with E-state index in [2.05, 4.69) is 0 Å². The van der Waals surface area contributed by atoms with Crippen LogP contribution in [-0.4, -0.2) is 23.3 Å². The molecule has 0 saturated heterocycles. The van der Waals surface area contributed by atoms with Gasteiger partial charge in [-0.1, -0.05) is 6.07 Å². The fraction of sp³-hybridized carbons (Fsp3) is 0.0714. The van der Waals surface area contributed by atoms with E-state index in [0.717, 1.165) is 0 Å². The molecule has 0 aliphatic rings. The van der Waals surface area contributed by atoms with Crippen molar-refractivity contribution in [2.75, 3.05) is 7.11 Å². The van der Waals surface area contributed by atoms with Crippen LogP contribution in [0.4, 0.5) is 4.39 Å². The Hall–Kier alpha value is -2.56. The van der Waals surface area contributed by atoms with Crippen LogP contribution in [0.5, 0.6) is 11.5 Å². The van der Waals surface area contributed by atoms with Crippen LogP contribution in [0.25, 0.3) is 11.1 Å². The summed E-state index contributed by atoms with van der Waals surface area (Å²) >= 11 is 0. The van der Waals surface area contributed by atoms with Gasteiger partial charge in [-0.05, 0) is 35.9 Å². The van der Waals surface area contributed by atoms with E-state index in [1.54, 1.807) is 0 Å². The monoisotopic (exact) mass is 262 g/mol. The maximum absolute atomic E-state index is 13.3. The number of hydrogen-bond acceptors (Lipinski definition) is 3. The molecule has 0 heterocycles. The molecule has 0 radical (unpaired) electrons. The molecule has 0 unspecified atom stereocenters. The van der Waals surface area contributed by atoms with E-state index >= 15 is 0 Å². The van der Waals surface area contributed by atoms with Gasteiger partial charge < -0.3 is 14.9 Å². The van der Waals surface area contributed by atoms with Gasteiger partial charge in [0.05, 0.1) is 7.11 Å². The van der Waals surface area contributed by atoms with Crippen LogP contribution in [0.2, 0.25) is 0 Å². The standard InChI is InChI=1S/C14H11FO4/c1-19-13-5-3-9(15)7-11(13)8-2-4-10(14(17)18)12(16)6-8/h2-7,16H,1H3,(H,17,18). The SMILES string of the molecule is COc1ccc(F)cc1-c1ccc(C(=O)O)c(O)c1. The molecule has 0 atom stereocenters. The second-order valence-corrected chi connectivity index (χ2v) is 3.88. The number of carboxylic acid groups (broad SMARTS) is 1. The van der Waals surface area contributed by atoms with Gasteiger partial charge in [-0.25, -0.2) is 9.18 Å². The second kappa shape index (κ2) is 4.97. The molecule has 2 aromatic carbocycles. The lowest BCUT2D eigenvalue weighted by atomic mass is 10.0. The van der Waals surface area contributed by atoms with Gasteiger partial charge in [-0.2, -0.15) is 0 Å². The number of carboxylic acids is 1. The fourth-order valence-corrected chi connectivity index (χ4v) is 1.79. The number of halogens is 1. The summed E-state index contributed by atoms with van der Waals surface area (Å²) in [5.74, 6) is -1.62. The van der Waals surface area contributed by atoms with E-state index in [1.807, 2.05) is 0 Å². The molecule has 5 heteroatoms. The van der Waals surface area contributed by atoms with Gasteiger partial charge in [-0.3, -0.25) is 0 Å². The molecular weight excluding hydrogens is 251 g/mol. The van der Waals surface area contributed by atoms with Crippen molar-refractivity contribution in [3.63, 3.8) is 0 Å². The average molecular weight is 262 g/mol. The fourth-order valence-electron chi connectivity index (χ4n) is 1.79. The summed E-state index contributed by atoms with van der Waals surface area (Å²) in [5.41, 5.74) is 0.702. The van der Waals surface area contributed by atoms with Crippen molar-refractivity contribution in [2.24, 2.45) is 0 Å². The molecule has 0 bridgehead atoms. The first-order valence-electron chi connectivity index (χ1n) is 5.43. The molecule has 2 rings (SSSR count). The number of rotatable bonds is 3. The first kappa shape index (κ1) is 12.9. The summed E-state index contributed by atoms with van der Waals surface area (Å²) in [5, 5.41) is 18.5. The summed E-state index contributed by atoms with van der Waals surface area (Å²) in [4.78, 5) is 10.8. The molecule has 0 aliphatic heterocycles. The second-order valence-electron chi connectivity index (χ2n) is 3.88. The predicted octanol–water partition coefficient (Wildman–Crippen LogP) is 2.91. The lowest BCUT2D eigenvalue weighted by molar-refractivity contribution is 0.0694. The quantitative estimate of drug-likeness (QED) is 0.892. The van der Waals surface area contributed by atoms with Crippen LogP contribution in [-0.2, 0) is 0 Å². The third-order valence-corrected chi connectivity index (χ3v) is 2.70. The van der Waals surface area contributed by atoms with Gasteiger partial charge in [0.15, 0.2) is 0 Å². The Bertz CT molecular complexity index is 637. The number of aromatic carboxylic acids is 1. The van der Waals surface area contributed by atoms with E-state index < -0.39 is 11.8 Å². The molecule has 0 saturated carbocycles. The summed E-state index contributed by atoms with van der Waals surface area (Å²) in [6.07, 6.45) is 0. The van der Waals surface area contributed by atoms with Gasteiger partial charge in [0.2, 0.25) is 0 Å². The Labute approximate surface area is 108 Å². The van der Waals surface area contributed by atoms with Crippen LogP contribution in [0.15, 0.2) is 36.4 Å². The Morgan fingerprint density at radius 1 is 1.21 bits per heavy atom. The highest BCUT2D eigenvalue weighted by atomic mass is 19.1. The van der Waals surface area contributed by atoms with E-state index in [-0.39, 0.29) is 11.3 Å². The lowest BCUT2D eigenvalue weighted by Crippen LogP contribution is -1.97. The highest BCUT2D eigenvalue weighted by Gasteiger charge is 2.13. The van der Waals surface area contributed by atoms with E-state index in [0.29, 0.717) is 16.9 Å². The Morgan fingerprint density at radius 3 is 2.53 bits per heavy atom. The highest BCUT2D eigenvalue weighted by Crippen LogP contribution is 2.33. The minimum atomic E-state index is -1.23. The van der Waals surface area contributed by atoms with Crippen LogP contribution in [0.3, 0.4) is 0 Å². The minimum absolute atomic E-state index is 0.209. The van der Waals surface area contributed by atoms with E-state index in [1.165, 1.54) is 43.5 Å². The summed E-state index contributed by atoms with van der Waals surface area (Å²) < 4.78 is 18.4. The van der Waals surface area contributed by atoms with Crippen molar-refractivity contribution >= 4 is 5.97 Å². The number of hydrogen-bond donors (Lipinski definition) is 2. The smallest absolute Gasteiger partial charge is 0.339 e. The zero-order valence-electron chi connectivity index (χ0n) is 10.1. The van der Waals surface area contributed by atoms with Crippen molar-refractivity contribution in [3.8, 4) is 22.6 Å².